The zero-order valence-corrected chi connectivity index (χ0v) is 11.5. The minimum Gasteiger partial charge on any atom is -0.494 e. The molecule has 0 fully saturated rings. The number of nitrogens with one attached hydrogen (secondary N) is 1. The number of anilines is 2. The topological polar surface area (TPSA) is 76.7 Å². The summed E-state index contributed by atoms with van der Waals surface area (Å²) in [5.74, 6) is -0.412. The lowest BCUT2D eigenvalue weighted by Crippen LogP contribution is -2.34. The molecule has 1 atom stereocenters. The first-order valence-corrected chi connectivity index (χ1v) is 5.98. The Hall–Kier alpha value is -1.53. The van der Waals surface area contributed by atoms with Gasteiger partial charge in [0.15, 0.2) is 11.6 Å². The van der Waals surface area contributed by atoms with Gasteiger partial charge in [-0.15, -0.1) is 0 Å². The summed E-state index contributed by atoms with van der Waals surface area (Å²) in [5, 5.41) is 13.1. The lowest BCUT2D eigenvalue weighted by atomic mass is 10.0. The van der Waals surface area contributed by atoms with Crippen molar-refractivity contribution in [1.82, 2.24) is 0 Å². The van der Waals surface area contributed by atoms with E-state index in [0.717, 1.165) is 0 Å². The maximum atomic E-state index is 13.4. The van der Waals surface area contributed by atoms with Gasteiger partial charge in [0.1, 0.15) is 0 Å². The third kappa shape index (κ3) is 4.57. The van der Waals surface area contributed by atoms with E-state index >= 15 is 0 Å². The van der Waals surface area contributed by atoms with Crippen molar-refractivity contribution >= 4 is 11.4 Å². The average molecular weight is 272 g/mol. The molecule has 0 aliphatic carbocycles. The highest BCUT2D eigenvalue weighted by molar-refractivity contribution is 5.68. The van der Waals surface area contributed by atoms with Gasteiger partial charge in [-0.05, 0) is 6.92 Å². The molecule has 1 rings (SSSR count). The number of hydrogen-bond donors (Lipinski definition) is 3. The average Bonchev–Trinajstić information content (AvgIpc) is 2.35. The molecule has 5 nitrogen and oxygen atoms in total. The fraction of sp³-hybridized carbons (Fsp3) is 0.538. The van der Waals surface area contributed by atoms with Crippen LogP contribution in [0.4, 0.5) is 15.8 Å². The fourth-order valence-corrected chi connectivity index (χ4v) is 1.57. The second kappa shape index (κ2) is 6.58. The number of aliphatic hydroxyl groups is 1. The molecule has 0 saturated heterocycles. The third-order valence-electron chi connectivity index (χ3n) is 2.83. The highest BCUT2D eigenvalue weighted by atomic mass is 19.1. The van der Waals surface area contributed by atoms with Crippen LogP contribution < -0.4 is 15.8 Å². The van der Waals surface area contributed by atoms with Gasteiger partial charge in [-0.25, -0.2) is 4.39 Å². The Labute approximate surface area is 112 Å². The van der Waals surface area contributed by atoms with Crippen LogP contribution in [-0.4, -0.2) is 38.1 Å². The molecule has 0 amide bonds. The van der Waals surface area contributed by atoms with E-state index in [1.807, 2.05) is 0 Å². The van der Waals surface area contributed by atoms with E-state index in [1.54, 1.807) is 14.0 Å². The van der Waals surface area contributed by atoms with Crippen LogP contribution in [0, 0.1) is 5.82 Å². The number of methoxy groups -OCH3 is 2. The summed E-state index contributed by atoms with van der Waals surface area (Å²) in [4.78, 5) is 0. The molecule has 1 aromatic rings. The van der Waals surface area contributed by atoms with Crippen molar-refractivity contribution in [1.29, 1.82) is 0 Å². The molecule has 1 unspecified atom stereocenters. The van der Waals surface area contributed by atoms with Gasteiger partial charge in [0.2, 0.25) is 0 Å². The second-order valence-electron chi connectivity index (χ2n) is 4.67. The molecule has 0 radical (unpaired) electrons. The van der Waals surface area contributed by atoms with Gasteiger partial charge < -0.3 is 25.6 Å². The van der Waals surface area contributed by atoms with Gasteiger partial charge in [0.25, 0.3) is 0 Å². The van der Waals surface area contributed by atoms with Crippen LogP contribution in [0.25, 0.3) is 0 Å². The van der Waals surface area contributed by atoms with Crippen LogP contribution in [0.1, 0.15) is 13.3 Å². The fourth-order valence-electron chi connectivity index (χ4n) is 1.57. The van der Waals surface area contributed by atoms with Gasteiger partial charge in [-0.2, -0.15) is 0 Å². The Morgan fingerprint density at radius 1 is 1.42 bits per heavy atom. The first kappa shape index (κ1) is 15.5. The highest BCUT2D eigenvalue weighted by Gasteiger charge is 2.20. The van der Waals surface area contributed by atoms with Crippen LogP contribution in [0.15, 0.2) is 12.1 Å². The van der Waals surface area contributed by atoms with Gasteiger partial charge in [0.05, 0.1) is 24.1 Å². The van der Waals surface area contributed by atoms with Crippen molar-refractivity contribution in [2.45, 2.75) is 18.9 Å². The third-order valence-corrected chi connectivity index (χ3v) is 2.83. The maximum absolute atomic E-state index is 13.4. The van der Waals surface area contributed by atoms with E-state index in [1.165, 1.54) is 19.2 Å². The van der Waals surface area contributed by atoms with E-state index < -0.39 is 11.4 Å². The Bertz CT molecular complexity index is 425. The second-order valence-corrected chi connectivity index (χ2v) is 4.67. The first-order valence-electron chi connectivity index (χ1n) is 5.98. The van der Waals surface area contributed by atoms with E-state index in [2.05, 4.69) is 5.32 Å². The number of nitrogen functional groups attached to an aromatic ring is 1. The van der Waals surface area contributed by atoms with Crippen molar-refractivity contribution in [2.24, 2.45) is 0 Å². The van der Waals surface area contributed by atoms with Crippen molar-refractivity contribution in [3.05, 3.63) is 17.9 Å². The molecule has 19 heavy (non-hydrogen) atoms. The standard InChI is InChI=1S/C13H21FN2O3/c1-13(17,4-5-18-2)8-16-11-7-12(19-3)9(14)6-10(11)15/h6-7,16-17H,4-5,8,15H2,1-3H3. The van der Waals surface area contributed by atoms with Crippen molar-refractivity contribution < 1.29 is 19.0 Å². The maximum Gasteiger partial charge on any atom is 0.167 e. The molecular formula is C13H21FN2O3. The summed E-state index contributed by atoms with van der Waals surface area (Å²) in [7, 11) is 2.96. The molecule has 0 aliphatic heterocycles. The van der Waals surface area contributed by atoms with Crippen LogP contribution >= 0.6 is 0 Å². The molecular weight excluding hydrogens is 251 g/mol. The number of hydrogen-bond acceptors (Lipinski definition) is 5. The Kier molecular flexibility index (Phi) is 5.38. The summed E-state index contributed by atoms with van der Waals surface area (Å²) < 4.78 is 23.2. The smallest absolute Gasteiger partial charge is 0.167 e. The zero-order valence-electron chi connectivity index (χ0n) is 11.5. The molecule has 1 aromatic carbocycles. The summed E-state index contributed by atoms with van der Waals surface area (Å²) in [6, 6.07) is 2.65. The first-order chi connectivity index (χ1) is 8.89. The predicted octanol–water partition coefficient (Wildman–Crippen LogP) is 1.62. The minimum atomic E-state index is -0.940. The zero-order chi connectivity index (χ0) is 14.5. The number of benzene rings is 1. The van der Waals surface area contributed by atoms with Gasteiger partial charge in [0, 0.05) is 38.8 Å². The number of rotatable bonds is 7. The van der Waals surface area contributed by atoms with Gasteiger partial charge in [-0.3, -0.25) is 0 Å². The van der Waals surface area contributed by atoms with Gasteiger partial charge >= 0.3 is 0 Å². The van der Waals surface area contributed by atoms with Crippen molar-refractivity contribution in [3.63, 3.8) is 0 Å². The quantitative estimate of drug-likeness (QED) is 0.657. The number of nitrogens with two attached hydrogens (primary N) is 1. The Balaban J connectivity index is 2.72. The number of halogens is 1. The molecule has 0 aliphatic rings. The van der Waals surface area contributed by atoms with Gasteiger partial charge in [-0.1, -0.05) is 0 Å². The van der Waals surface area contributed by atoms with Crippen molar-refractivity contribution in [3.8, 4) is 5.75 Å². The Morgan fingerprint density at radius 2 is 2.11 bits per heavy atom. The van der Waals surface area contributed by atoms with Crippen LogP contribution in [0.2, 0.25) is 0 Å². The normalized spacial score (nSPS) is 13.9. The van der Waals surface area contributed by atoms with E-state index in [4.69, 9.17) is 15.2 Å². The van der Waals surface area contributed by atoms with Crippen LogP contribution in [0.3, 0.4) is 0 Å². The molecule has 0 bridgehead atoms. The van der Waals surface area contributed by atoms with Crippen molar-refractivity contribution in [2.75, 3.05) is 38.4 Å². The summed E-state index contributed by atoms with van der Waals surface area (Å²) in [6.07, 6.45) is 0.481. The molecule has 108 valence electrons. The summed E-state index contributed by atoms with van der Waals surface area (Å²) in [6.45, 7) is 2.42. The molecule has 0 aromatic heterocycles. The lowest BCUT2D eigenvalue weighted by molar-refractivity contribution is 0.0357. The minimum absolute atomic E-state index is 0.105. The SMILES string of the molecule is COCCC(C)(O)CNc1cc(OC)c(F)cc1N. The predicted molar refractivity (Wildman–Crippen MR) is 73.0 cm³/mol. The van der Waals surface area contributed by atoms with E-state index in [-0.39, 0.29) is 18.0 Å². The molecule has 4 N–H and O–H groups in total. The molecule has 0 spiro atoms. The summed E-state index contributed by atoms with van der Waals surface area (Å²) in [5.41, 5.74) is 5.56. The molecule has 0 heterocycles. The van der Waals surface area contributed by atoms with E-state index in [9.17, 15) is 9.50 Å². The van der Waals surface area contributed by atoms with E-state index in [0.29, 0.717) is 18.7 Å². The monoisotopic (exact) mass is 272 g/mol. The largest absolute Gasteiger partial charge is 0.494 e. The van der Waals surface area contributed by atoms with Crippen LogP contribution in [0.5, 0.6) is 5.75 Å². The van der Waals surface area contributed by atoms with Crippen LogP contribution in [-0.2, 0) is 4.74 Å². The highest BCUT2D eigenvalue weighted by Crippen LogP contribution is 2.28. The molecule has 0 saturated carbocycles. The Morgan fingerprint density at radius 3 is 2.68 bits per heavy atom. The summed E-state index contributed by atoms with van der Waals surface area (Å²) >= 11 is 0. The lowest BCUT2D eigenvalue weighted by Gasteiger charge is -2.24. The molecule has 6 heteroatoms. The number of ether oxygens (including phenoxy) is 2.